The van der Waals surface area contributed by atoms with E-state index in [0.29, 0.717) is 26.2 Å². The smallest absolute Gasteiger partial charge is 0.409 e. The van der Waals surface area contributed by atoms with Gasteiger partial charge in [0, 0.05) is 32.7 Å². The van der Waals surface area contributed by atoms with E-state index in [1.807, 2.05) is 31.2 Å². The molecule has 0 saturated carbocycles. The second kappa shape index (κ2) is 9.76. The number of carbonyl (C=O) groups is 1. The molecule has 25 heavy (non-hydrogen) atoms. The SMILES string of the molecule is CCNC(=NCc1ccc(OC)cc1)N1CCN(C(=O)OCC)CC1. The maximum Gasteiger partial charge on any atom is 0.409 e. The van der Waals surface area contributed by atoms with Crippen molar-refractivity contribution in [1.82, 2.24) is 15.1 Å². The number of guanidine groups is 1. The first-order valence-corrected chi connectivity index (χ1v) is 8.75. The number of carbonyl (C=O) groups excluding carboxylic acids is 1. The van der Waals surface area contributed by atoms with Crippen molar-refractivity contribution in [2.24, 2.45) is 4.99 Å². The third-order valence-electron chi connectivity index (χ3n) is 4.01. The third-order valence-corrected chi connectivity index (χ3v) is 4.01. The average molecular weight is 348 g/mol. The van der Waals surface area contributed by atoms with Crippen molar-refractivity contribution in [2.75, 3.05) is 46.4 Å². The van der Waals surface area contributed by atoms with Crippen molar-refractivity contribution in [2.45, 2.75) is 20.4 Å². The molecule has 1 aromatic rings. The minimum absolute atomic E-state index is 0.234. The van der Waals surface area contributed by atoms with Crippen molar-refractivity contribution >= 4 is 12.1 Å². The van der Waals surface area contributed by atoms with Gasteiger partial charge in [-0.3, -0.25) is 0 Å². The van der Waals surface area contributed by atoms with Crippen molar-refractivity contribution in [3.8, 4) is 5.75 Å². The maximum atomic E-state index is 11.8. The van der Waals surface area contributed by atoms with E-state index >= 15 is 0 Å². The molecule has 7 heteroatoms. The summed E-state index contributed by atoms with van der Waals surface area (Å²) in [7, 11) is 1.66. The second-order valence-corrected chi connectivity index (χ2v) is 5.69. The molecule has 0 spiro atoms. The first-order chi connectivity index (χ1) is 12.2. The molecular weight excluding hydrogens is 320 g/mol. The van der Waals surface area contributed by atoms with Crippen LogP contribution < -0.4 is 10.1 Å². The molecule has 1 saturated heterocycles. The number of hydrogen-bond donors (Lipinski definition) is 1. The first-order valence-electron chi connectivity index (χ1n) is 8.75. The Kier molecular flexibility index (Phi) is 7.37. The quantitative estimate of drug-likeness (QED) is 0.651. The highest BCUT2D eigenvalue weighted by Gasteiger charge is 2.23. The molecule has 1 heterocycles. The van der Waals surface area contributed by atoms with Gasteiger partial charge in [-0.1, -0.05) is 12.1 Å². The summed E-state index contributed by atoms with van der Waals surface area (Å²) in [6.07, 6.45) is -0.234. The van der Waals surface area contributed by atoms with Gasteiger partial charge in [0.25, 0.3) is 0 Å². The van der Waals surface area contributed by atoms with E-state index in [9.17, 15) is 4.79 Å². The number of amides is 1. The van der Waals surface area contributed by atoms with Crippen LogP contribution in [0.25, 0.3) is 0 Å². The molecule has 1 fully saturated rings. The Labute approximate surface area is 149 Å². The molecule has 1 aliphatic rings. The molecule has 0 atom stereocenters. The Bertz CT molecular complexity index is 566. The van der Waals surface area contributed by atoms with Crippen LogP contribution >= 0.6 is 0 Å². The molecule has 0 bridgehead atoms. The van der Waals surface area contributed by atoms with Crippen LogP contribution in [0.5, 0.6) is 5.75 Å². The molecule has 7 nitrogen and oxygen atoms in total. The summed E-state index contributed by atoms with van der Waals surface area (Å²) in [6.45, 7) is 8.47. The zero-order chi connectivity index (χ0) is 18.1. The second-order valence-electron chi connectivity index (χ2n) is 5.69. The van der Waals surface area contributed by atoms with Crippen molar-refractivity contribution in [1.29, 1.82) is 0 Å². The van der Waals surface area contributed by atoms with E-state index in [-0.39, 0.29) is 6.09 Å². The Morgan fingerprint density at radius 3 is 2.32 bits per heavy atom. The topological polar surface area (TPSA) is 66.4 Å². The number of rotatable bonds is 5. The first kappa shape index (κ1) is 18.9. The standard InChI is InChI=1S/C18H28N4O3/c1-4-19-17(20-14-15-6-8-16(24-3)9-7-15)21-10-12-22(13-11-21)18(23)25-5-2/h6-9H,4-5,10-14H2,1-3H3,(H,19,20). The van der Waals surface area contributed by atoms with Crippen molar-refractivity contribution in [3.05, 3.63) is 29.8 Å². The van der Waals surface area contributed by atoms with Gasteiger partial charge in [0.2, 0.25) is 0 Å². The number of piperazine rings is 1. The molecule has 1 aliphatic heterocycles. The van der Waals surface area contributed by atoms with Crippen LogP contribution in [0.4, 0.5) is 4.79 Å². The van der Waals surface area contributed by atoms with E-state index < -0.39 is 0 Å². The van der Waals surface area contributed by atoms with Gasteiger partial charge in [0.05, 0.1) is 20.3 Å². The summed E-state index contributed by atoms with van der Waals surface area (Å²) in [5.41, 5.74) is 1.13. The average Bonchev–Trinajstić information content (AvgIpc) is 2.66. The monoisotopic (exact) mass is 348 g/mol. The van der Waals surface area contributed by atoms with Crippen LogP contribution in [0.15, 0.2) is 29.3 Å². The van der Waals surface area contributed by atoms with E-state index in [1.165, 1.54) is 0 Å². The lowest BCUT2D eigenvalue weighted by molar-refractivity contribution is 0.0914. The molecule has 138 valence electrons. The predicted octanol–water partition coefficient (Wildman–Crippen LogP) is 1.93. The summed E-state index contributed by atoms with van der Waals surface area (Å²) in [5.74, 6) is 1.72. The molecule has 0 radical (unpaired) electrons. The molecular formula is C18H28N4O3. The Morgan fingerprint density at radius 1 is 1.12 bits per heavy atom. The summed E-state index contributed by atoms with van der Waals surface area (Å²) in [4.78, 5) is 20.4. The van der Waals surface area contributed by atoms with Crippen LogP contribution in [-0.4, -0.2) is 68.3 Å². The van der Waals surface area contributed by atoms with E-state index in [2.05, 4.69) is 17.1 Å². The van der Waals surface area contributed by atoms with Crippen molar-refractivity contribution < 1.29 is 14.3 Å². The van der Waals surface area contributed by atoms with E-state index in [4.69, 9.17) is 14.5 Å². The normalized spacial score (nSPS) is 15.1. The van der Waals surface area contributed by atoms with Gasteiger partial charge in [-0.25, -0.2) is 9.79 Å². The largest absolute Gasteiger partial charge is 0.497 e. The summed E-state index contributed by atoms with van der Waals surface area (Å²) in [5, 5.41) is 3.33. The number of aliphatic imine (C=N–C) groups is 1. The fourth-order valence-corrected chi connectivity index (χ4v) is 2.64. The van der Waals surface area contributed by atoms with E-state index in [1.54, 1.807) is 12.0 Å². The highest BCUT2D eigenvalue weighted by Crippen LogP contribution is 2.12. The van der Waals surface area contributed by atoms with Gasteiger partial charge in [-0.15, -0.1) is 0 Å². The van der Waals surface area contributed by atoms with Gasteiger partial charge in [0.15, 0.2) is 5.96 Å². The lowest BCUT2D eigenvalue weighted by Gasteiger charge is -2.35. The molecule has 2 rings (SSSR count). The fourth-order valence-electron chi connectivity index (χ4n) is 2.64. The highest BCUT2D eigenvalue weighted by molar-refractivity contribution is 5.80. The van der Waals surface area contributed by atoms with Gasteiger partial charge >= 0.3 is 6.09 Å². The number of nitrogens with one attached hydrogen (secondary N) is 1. The van der Waals surface area contributed by atoms with Crippen molar-refractivity contribution in [3.63, 3.8) is 0 Å². The Morgan fingerprint density at radius 2 is 1.76 bits per heavy atom. The van der Waals surface area contributed by atoms with E-state index in [0.717, 1.165) is 36.9 Å². The number of benzene rings is 1. The highest BCUT2D eigenvalue weighted by atomic mass is 16.6. The number of hydrogen-bond acceptors (Lipinski definition) is 4. The van der Waals surface area contributed by atoms with Gasteiger partial charge in [-0.2, -0.15) is 0 Å². The summed E-state index contributed by atoms with van der Waals surface area (Å²) < 4.78 is 10.2. The van der Waals surface area contributed by atoms with Crippen LogP contribution in [0, 0.1) is 0 Å². The van der Waals surface area contributed by atoms with Gasteiger partial charge < -0.3 is 24.6 Å². The molecule has 0 unspecified atom stereocenters. The van der Waals surface area contributed by atoms with Crippen LogP contribution in [0.1, 0.15) is 19.4 Å². The lowest BCUT2D eigenvalue weighted by Crippen LogP contribution is -2.53. The Hall–Kier alpha value is -2.44. The van der Waals surface area contributed by atoms with Crippen LogP contribution in [0.3, 0.4) is 0 Å². The summed E-state index contributed by atoms with van der Waals surface area (Å²) >= 11 is 0. The predicted molar refractivity (Wildman–Crippen MR) is 98.0 cm³/mol. The maximum absolute atomic E-state index is 11.8. The minimum Gasteiger partial charge on any atom is -0.497 e. The number of methoxy groups -OCH3 is 1. The third kappa shape index (κ3) is 5.55. The molecule has 1 amide bonds. The zero-order valence-electron chi connectivity index (χ0n) is 15.3. The summed E-state index contributed by atoms with van der Waals surface area (Å²) in [6, 6.07) is 7.92. The molecule has 0 aliphatic carbocycles. The lowest BCUT2D eigenvalue weighted by atomic mass is 10.2. The fraction of sp³-hybridized carbons (Fsp3) is 0.556. The Balaban J connectivity index is 1.94. The van der Waals surface area contributed by atoms with Crippen LogP contribution in [0.2, 0.25) is 0 Å². The molecule has 1 aromatic carbocycles. The van der Waals surface area contributed by atoms with Gasteiger partial charge in [-0.05, 0) is 31.5 Å². The zero-order valence-corrected chi connectivity index (χ0v) is 15.3. The molecule has 1 N–H and O–H groups in total. The number of ether oxygens (including phenoxy) is 2. The molecule has 0 aromatic heterocycles. The minimum atomic E-state index is -0.234. The van der Waals surface area contributed by atoms with Crippen LogP contribution in [-0.2, 0) is 11.3 Å². The number of nitrogens with zero attached hydrogens (tertiary/aromatic N) is 3. The van der Waals surface area contributed by atoms with Gasteiger partial charge in [0.1, 0.15) is 5.75 Å².